The Kier molecular flexibility index (Phi) is 7.25. The third kappa shape index (κ3) is 5.83. The molecular formula is C15H23N3O3. The number of nitrogens with one attached hydrogen (secondary N) is 2. The molecule has 0 aliphatic carbocycles. The second kappa shape index (κ2) is 8.97. The number of amides is 2. The van der Waals surface area contributed by atoms with E-state index >= 15 is 0 Å². The number of hydrogen-bond donors (Lipinski definition) is 3. The fourth-order valence-electron chi connectivity index (χ4n) is 1.93. The van der Waals surface area contributed by atoms with E-state index in [1.165, 1.54) is 0 Å². The van der Waals surface area contributed by atoms with Crippen molar-refractivity contribution < 1.29 is 14.7 Å². The van der Waals surface area contributed by atoms with Crippen LogP contribution in [0.25, 0.3) is 0 Å². The summed E-state index contributed by atoms with van der Waals surface area (Å²) in [6.07, 6.45) is 1.39. The molecule has 2 amide bonds. The SMILES string of the molecule is CNCCCNC(=O)N(C)CCc1ccccc1C(=O)O. The monoisotopic (exact) mass is 293 g/mol. The van der Waals surface area contributed by atoms with Crippen molar-refractivity contribution in [3.05, 3.63) is 35.4 Å². The molecule has 0 aliphatic heterocycles. The molecule has 21 heavy (non-hydrogen) atoms. The van der Waals surface area contributed by atoms with Crippen molar-refractivity contribution >= 4 is 12.0 Å². The van der Waals surface area contributed by atoms with Gasteiger partial charge in [-0.15, -0.1) is 0 Å². The van der Waals surface area contributed by atoms with E-state index in [4.69, 9.17) is 5.11 Å². The van der Waals surface area contributed by atoms with Crippen molar-refractivity contribution in [2.75, 3.05) is 33.7 Å². The van der Waals surface area contributed by atoms with E-state index in [-0.39, 0.29) is 6.03 Å². The number of rotatable bonds is 8. The minimum Gasteiger partial charge on any atom is -0.478 e. The lowest BCUT2D eigenvalue weighted by Crippen LogP contribution is -2.39. The van der Waals surface area contributed by atoms with Gasteiger partial charge in [0, 0.05) is 20.1 Å². The highest BCUT2D eigenvalue weighted by Gasteiger charge is 2.12. The predicted molar refractivity (Wildman–Crippen MR) is 81.7 cm³/mol. The number of carbonyl (C=O) groups excluding carboxylic acids is 1. The Morgan fingerprint density at radius 2 is 1.95 bits per heavy atom. The number of aromatic carboxylic acids is 1. The quantitative estimate of drug-likeness (QED) is 0.629. The van der Waals surface area contributed by atoms with Gasteiger partial charge in [0.25, 0.3) is 0 Å². The Morgan fingerprint density at radius 1 is 1.24 bits per heavy atom. The lowest BCUT2D eigenvalue weighted by Gasteiger charge is -2.18. The van der Waals surface area contributed by atoms with Gasteiger partial charge in [0.2, 0.25) is 0 Å². The van der Waals surface area contributed by atoms with Crippen LogP contribution in [0.4, 0.5) is 4.79 Å². The molecule has 0 heterocycles. The second-order valence-electron chi connectivity index (χ2n) is 4.82. The smallest absolute Gasteiger partial charge is 0.335 e. The van der Waals surface area contributed by atoms with Crippen molar-refractivity contribution in [1.82, 2.24) is 15.5 Å². The van der Waals surface area contributed by atoms with Crippen molar-refractivity contribution in [1.29, 1.82) is 0 Å². The van der Waals surface area contributed by atoms with E-state index < -0.39 is 5.97 Å². The zero-order valence-electron chi connectivity index (χ0n) is 12.6. The van der Waals surface area contributed by atoms with E-state index in [0.29, 0.717) is 25.1 Å². The first-order valence-electron chi connectivity index (χ1n) is 7.01. The van der Waals surface area contributed by atoms with E-state index in [0.717, 1.165) is 18.5 Å². The largest absolute Gasteiger partial charge is 0.478 e. The molecule has 6 heteroatoms. The molecule has 3 N–H and O–H groups in total. The average molecular weight is 293 g/mol. The van der Waals surface area contributed by atoms with Crippen LogP contribution in [0.5, 0.6) is 0 Å². The summed E-state index contributed by atoms with van der Waals surface area (Å²) < 4.78 is 0. The molecule has 0 saturated heterocycles. The van der Waals surface area contributed by atoms with Crippen molar-refractivity contribution in [3.63, 3.8) is 0 Å². The number of likely N-dealkylation sites (N-methyl/N-ethyl adjacent to an activating group) is 1. The molecule has 6 nitrogen and oxygen atoms in total. The number of benzene rings is 1. The Labute approximate surface area is 125 Å². The van der Waals surface area contributed by atoms with Gasteiger partial charge in [-0.05, 0) is 38.1 Å². The van der Waals surface area contributed by atoms with Crippen molar-refractivity contribution in [3.8, 4) is 0 Å². The summed E-state index contributed by atoms with van der Waals surface area (Å²) in [5, 5.41) is 14.9. The molecule has 1 rings (SSSR count). The van der Waals surface area contributed by atoms with Gasteiger partial charge in [-0.2, -0.15) is 0 Å². The lowest BCUT2D eigenvalue weighted by molar-refractivity contribution is 0.0695. The molecule has 0 spiro atoms. The minimum absolute atomic E-state index is 0.140. The summed E-state index contributed by atoms with van der Waals surface area (Å²) in [4.78, 5) is 24.5. The van der Waals surface area contributed by atoms with Crippen LogP contribution in [-0.4, -0.2) is 55.7 Å². The van der Waals surface area contributed by atoms with Crippen LogP contribution in [0.1, 0.15) is 22.3 Å². The zero-order chi connectivity index (χ0) is 15.7. The molecule has 0 aliphatic rings. The normalized spacial score (nSPS) is 10.2. The molecular weight excluding hydrogens is 270 g/mol. The maximum atomic E-state index is 11.8. The summed E-state index contributed by atoms with van der Waals surface area (Å²) in [7, 11) is 3.57. The van der Waals surface area contributed by atoms with E-state index in [9.17, 15) is 9.59 Å². The van der Waals surface area contributed by atoms with Gasteiger partial charge in [0.1, 0.15) is 0 Å². The first-order valence-corrected chi connectivity index (χ1v) is 7.01. The fraction of sp³-hybridized carbons (Fsp3) is 0.467. The summed E-state index contributed by atoms with van der Waals surface area (Å²) in [5.74, 6) is -0.940. The first kappa shape index (κ1) is 17.0. The highest BCUT2D eigenvalue weighted by molar-refractivity contribution is 5.89. The minimum atomic E-state index is -0.940. The standard InChI is InChI=1S/C15H23N3O3/c1-16-9-5-10-17-15(21)18(2)11-8-12-6-3-4-7-13(12)14(19)20/h3-4,6-7,16H,5,8-11H2,1-2H3,(H,17,21)(H,19,20). The molecule has 0 bridgehead atoms. The van der Waals surface area contributed by atoms with Crippen LogP contribution in [0.15, 0.2) is 24.3 Å². The van der Waals surface area contributed by atoms with Gasteiger partial charge in [0.05, 0.1) is 5.56 Å². The molecule has 0 unspecified atom stereocenters. The topological polar surface area (TPSA) is 81.7 Å². The molecule has 116 valence electrons. The maximum absolute atomic E-state index is 11.8. The number of nitrogens with zero attached hydrogens (tertiary/aromatic N) is 1. The highest BCUT2D eigenvalue weighted by Crippen LogP contribution is 2.10. The number of carbonyl (C=O) groups is 2. The Bertz CT molecular complexity index is 477. The Morgan fingerprint density at radius 3 is 2.62 bits per heavy atom. The summed E-state index contributed by atoms with van der Waals surface area (Å²) in [5.41, 5.74) is 1.03. The van der Waals surface area contributed by atoms with E-state index in [1.807, 2.05) is 7.05 Å². The van der Waals surface area contributed by atoms with Crippen molar-refractivity contribution in [2.45, 2.75) is 12.8 Å². The number of carboxylic acids is 1. The highest BCUT2D eigenvalue weighted by atomic mass is 16.4. The van der Waals surface area contributed by atoms with E-state index in [2.05, 4.69) is 10.6 Å². The van der Waals surface area contributed by atoms with Crippen molar-refractivity contribution in [2.24, 2.45) is 0 Å². The van der Waals surface area contributed by atoms with Crippen LogP contribution in [0.2, 0.25) is 0 Å². The fourth-order valence-corrected chi connectivity index (χ4v) is 1.93. The third-order valence-corrected chi connectivity index (χ3v) is 3.19. The number of carboxylic acid groups (broad SMARTS) is 1. The average Bonchev–Trinajstić information content (AvgIpc) is 2.49. The molecule has 0 fully saturated rings. The molecule has 1 aromatic carbocycles. The number of hydrogen-bond acceptors (Lipinski definition) is 3. The second-order valence-corrected chi connectivity index (χ2v) is 4.82. The molecule has 1 aromatic rings. The number of urea groups is 1. The Balaban J connectivity index is 2.44. The summed E-state index contributed by atoms with van der Waals surface area (Å²) >= 11 is 0. The molecule has 0 aromatic heterocycles. The first-order chi connectivity index (χ1) is 10.1. The van der Waals surface area contributed by atoms with Gasteiger partial charge in [-0.3, -0.25) is 0 Å². The predicted octanol–water partition coefficient (Wildman–Crippen LogP) is 1.18. The summed E-state index contributed by atoms with van der Waals surface area (Å²) in [6.45, 7) is 1.95. The van der Waals surface area contributed by atoms with E-state index in [1.54, 1.807) is 36.2 Å². The van der Waals surface area contributed by atoms with Gasteiger partial charge in [0.15, 0.2) is 0 Å². The molecule has 0 radical (unpaired) electrons. The van der Waals surface area contributed by atoms with Gasteiger partial charge >= 0.3 is 12.0 Å². The molecule has 0 atom stereocenters. The van der Waals surface area contributed by atoms with Gasteiger partial charge in [-0.25, -0.2) is 9.59 Å². The lowest BCUT2D eigenvalue weighted by atomic mass is 10.0. The van der Waals surface area contributed by atoms with Crippen LogP contribution in [0, 0.1) is 0 Å². The molecule has 0 saturated carbocycles. The summed E-state index contributed by atoms with van der Waals surface area (Å²) in [6, 6.07) is 6.72. The van der Waals surface area contributed by atoms with Crippen LogP contribution in [-0.2, 0) is 6.42 Å². The van der Waals surface area contributed by atoms with Crippen LogP contribution < -0.4 is 10.6 Å². The zero-order valence-corrected chi connectivity index (χ0v) is 12.6. The van der Waals surface area contributed by atoms with Crippen LogP contribution >= 0.6 is 0 Å². The Hall–Kier alpha value is -2.08. The van der Waals surface area contributed by atoms with Crippen LogP contribution in [0.3, 0.4) is 0 Å². The maximum Gasteiger partial charge on any atom is 0.335 e. The van der Waals surface area contributed by atoms with Gasteiger partial charge < -0.3 is 20.6 Å². The third-order valence-electron chi connectivity index (χ3n) is 3.19. The van der Waals surface area contributed by atoms with Gasteiger partial charge in [-0.1, -0.05) is 18.2 Å².